The third-order valence-electron chi connectivity index (χ3n) is 4.46. The number of carbonyl (C=O) groups is 2. The first-order valence-corrected chi connectivity index (χ1v) is 10.8. The van der Waals surface area contributed by atoms with Crippen molar-refractivity contribution < 1.29 is 19.6 Å². The molecule has 2 amide bonds. The van der Waals surface area contributed by atoms with Gasteiger partial charge in [0.1, 0.15) is 10.1 Å². The Hall–Kier alpha value is -3.50. The highest BCUT2D eigenvalue weighted by Crippen LogP contribution is 2.31. The van der Waals surface area contributed by atoms with Crippen molar-refractivity contribution in [3.8, 4) is 5.75 Å². The van der Waals surface area contributed by atoms with E-state index in [2.05, 4.69) is 5.32 Å². The van der Waals surface area contributed by atoms with Crippen LogP contribution in [0.15, 0.2) is 65.6 Å². The minimum Gasteiger partial charge on any atom is -0.506 e. The third-order valence-corrected chi connectivity index (χ3v) is 5.86. The number of nitrogens with one attached hydrogen (secondary N) is 1. The summed E-state index contributed by atoms with van der Waals surface area (Å²) in [6, 6.07) is 13.1. The number of anilines is 1. The van der Waals surface area contributed by atoms with Crippen molar-refractivity contribution in [1.82, 2.24) is 4.90 Å². The number of hydrogen-bond acceptors (Lipinski definition) is 7. The van der Waals surface area contributed by atoms with E-state index in [4.69, 9.17) is 12.2 Å². The maximum Gasteiger partial charge on any atom is 0.273 e. The van der Waals surface area contributed by atoms with E-state index < -0.39 is 10.7 Å². The van der Waals surface area contributed by atoms with E-state index in [1.165, 1.54) is 28.8 Å². The number of amides is 2. The molecule has 2 aromatic rings. The lowest BCUT2D eigenvalue weighted by molar-refractivity contribution is -0.384. The molecule has 0 radical (unpaired) electrons. The Morgan fingerprint density at radius 1 is 1.25 bits per heavy atom. The summed E-state index contributed by atoms with van der Waals surface area (Å²) in [6.45, 7) is 0.282. The molecule has 0 aliphatic carbocycles. The zero-order valence-electron chi connectivity index (χ0n) is 16.8. The topological polar surface area (TPSA) is 113 Å². The summed E-state index contributed by atoms with van der Waals surface area (Å²) < 4.78 is 0.433. The van der Waals surface area contributed by atoms with Gasteiger partial charge in [0.2, 0.25) is 5.91 Å². The summed E-state index contributed by atoms with van der Waals surface area (Å²) >= 11 is 6.50. The molecule has 8 nitrogen and oxygen atoms in total. The number of thiocarbonyl (C=S) groups is 1. The average Bonchev–Trinajstić information content (AvgIpc) is 3.03. The van der Waals surface area contributed by atoms with Crippen LogP contribution >= 0.6 is 24.0 Å². The van der Waals surface area contributed by atoms with Crippen LogP contribution in [0.4, 0.5) is 11.4 Å². The van der Waals surface area contributed by atoms with Crippen molar-refractivity contribution in [2.45, 2.75) is 12.8 Å². The normalized spacial score (nSPS) is 15.0. The Balaban J connectivity index is 1.50. The molecule has 1 aliphatic rings. The van der Waals surface area contributed by atoms with Gasteiger partial charge < -0.3 is 10.4 Å². The van der Waals surface area contributed by atoms with Crippen LogP contribution in [-0.4, -0.2) is 37.6 Å². The predicted molar refractivity (Wildman–Crippen MR) is 128 cm³/mol. The molecule has 2 N–H and O–H groups in total. The van der Waals surface area contributed by atoms with E-state index >= 15 is 0 Å². The second-order valence-corrected chi connectivity index (χ2v) is 8.41. The van der Waals surface area contributed by atoms with Crippen LogP contribution in [-0.2, 0) is 9.59 Å². The standard InChI is InChI=1S/C22H19N3O5S2/c26-18-14-16(25(29)30)11-12-17(18)23-20(27)10-5-13-24-21(28)19(32-22(24)31)9-4-8-15-6-2-1-3-7-15/h1-4,6-9,11-12,14,26H,5,10,13H2,(H,23,27)/b8-4+,19-9-. The Kier molecular flexibility index (Phi) is 7.74. The van der Waals surface area contributed by atoms with Crippen molar-refractivity contribution in [1.29, 1.82) is 0 Å². The number of rotatable bonds is 8. The average molecular weight is 470 g/mol. The number of non-ortho nitro benzene ring substituents is 1. The first-order valence-electron chi connectivity index (χ1n) is 9.59. The van der Waals surface area contributed by atoms with E-state index in [0.29, 0.717) is 15.6 Å². The van der Waals surface area contributed by atoms with Crippen molar-refractivity contribution >= 4 is 57.6 Å². The lowest BCUT2D eigenvalue weighted by atomic mass is 10.2. The highest BCUT2D eigenvalue weighted by Gasteiger charge is 2.31. The van der Waals surface area contributed by atoms with Gasteiger partial charge in [-0.25, -0.2) is 0 Å². The molecule has 0 unspecified atom stereocenters. The SMILES string of the molecule is O=C(CCCN1C(=O)/C(=C/C=C/c2ccccc2)SC1=S)Nc1ccc([N+](=O)[O-])cc1O. The van der Waals surface area contributed by atoms with Crippen LogP contribution in [0.5, 0.6) is 5.75 Å². The maximum atomic E-state index is 12.6. The second-order valence-electron chi connectivity index (χ2n) is 6.74. The number of aromatic hydroxyl groups is 1. The molecular formula is C22H19N3O5S2. The van der Waals surface area contributed by atoms with E-state index in [-0.39, 0.29) is 36.2 Å². The number of nitro benzene ring substituents is 1. The Bertz CT molecular complexity index is 1120. The lowest BCUT2D eigenvalue weighted by Gasteiger charge is -2.14. The molecule has 1 aliphatic heterocycles. The van der Waals surface area contributed by atoms with Gasteiger partial charge in [-0.3, -0.25) is 24.6 Å². The van der Waals surface area contributed by atoms with E-state index in [0.717, 1.165) is 11.6 Å². The highest BCUT2D eigenvalue weighted by molar-refractivity contribution is 8.26. The Morgan fingerprint density at radius 3 is 2.69 bits per heavy atom. The molecule has 0 spiro atoms. The molecule has 0 saturated carbocycles. The molecule has 0 bridgehead atoms. The highest BCUT2D eigenvalue weighted by atomic mass is 32.2. The predicted octanol–water partition coefficient (Wildman–Crippen LogP) is 4.48. The van der Waals surface area contributed by atoms with Crippen LogP contribution in [0, 0.1) is 10.1 Å². The second kappa shape index (κ2) is 10.7. The summed E-state index contributed by atoms with van der Waals surface area (Å²) in [6.07, 6.45) is 5.85. The van der Waals surface area contributed by atoms with Gasteiger partial charge in [0.05, 0.1) is 21.6 Å². The van der Waals surface area contributed by atoms with Crippen LogP contribution in [0.25, 0.3) is 6.08 Å². The van der Waals surface area contributed by atoms with Gasteiger partial charge in [0.15, 0.2) is 0 Å². The number of benzene rings is 2. The largest absolute Gasteiger partial charge is 0.506 e. The first-order chi connectivity index (χ1) is 15.3. The number of carbonyl (C=O) groups excluding carboxylic acids is 2. The number of hydrogen-bond donors (Lipinski definition) is 2. The summed E-state index contributed by atoms with van der Waals surface area (Å²) in [5.41, 5.74) is 0.824. The van der Waals surface area contributed by atoms with Crippen LogP contribution in [0.3, 0.4) is 0 Å². The van der Waals surface area contributed by atoms with Gasteiger partial charge in [0, 0.05) is 19.0 Å². The van der Waals surface area contributed by atoms with Gasteiger partial charge >= 0.3 is 0 Å². The molecule has 164 valence electrons. The monoisotopic (exact) mass is 469 g/mol. The molecule has 0 atom stereocenters. The van der Waals surface area contributed by atoms with Gasteiger partial charge in [-0.15, -0.1) is 0 Å². The summed E-state index contributed by atoms with van der Waals surface area (Å²) in [4.78, 5) is 36.8. The fourth-order valence-corrected chi connectivity index (χ4v) is 4.13. The van der Waals surface area contributed by atoms with Crippen molar-refractivity contribution in [3.05, 3.63) is 81.3 Å². The zero-order valence-corrected chi connectivity index (χ0v) is 18.4. The Morgan fingerprint density at radius 2 is 2.00 bits per heavy atom. The Labute approximate surface area is 193 Å². The van der Waals surface area contributed by atoms with E-state index in [1.807, 2.05) is 36.4 Å². The molecular weight excluding hydrogens is 450 g/mol. The molecule has 10 heteroatoms. The third kappa shape index (κ3) is 6.02. The fourth-order valence-electron chi connectivity index (χ4n) is 2.87. The molecule has 2 aromatic carbocycles. The lowest BCUT2D eigenvalue weighted by Crippen LogP contribution is -2.29. The zero-order chi connectivity index (χ0) is 23.1. The van der Waals surface area contributed by atoms with Crippen molar-refractivity contribution in [3.63, 3.8) is 0 Å². The molecule has 0 aromatic heterocycles. The molecule has 1 saturated heterocycles. The van der Waals surface area contributed by atoms with Crippen LogP contribution in [0.1, 0.15) is 18.4 Å². The molecule has 3 rings (SSSR count). The minimum atomic E-state index is -0.639. The van der Waals surface area contributed by atoms with Crippen molar-refractivity contribution in [2.24, 2.45) is 0 Å². The quantitative estimate of drug-likeness (QED) is 0.193. The number of thioether (sulfide) groups is 1. The summed E-state index contributed by atoms with van der Waals surface area (Å²) in [5.74, 6) is -0.981. The van der Waals surface area contributed by atoms with E-state index in [9.17, 15) is 24.8 Å². The molecule has 32 heavy (non-hydrogen) atoms. The number of phenols is 1. The van der Waals surface area contributed by atoms with Crippen LogP contribution < -0.4 is 5.32 Å². The van der Waals surface area contributed by atoms with Gasteiger partial charge in [-0.1, -0.05) is 66.5 Å². The van der Waals surface area contributed by atoms with Gasteiger partial charge in [0.25, 0.3) is 11.6 Å². The smallest absolute Gasteiger partial charge is 0.273 e. The minimum absolute atomic E-state index is 0.0827. The fraction of sp³-hybridized carbons (Fsp3) is 0.136. The van der Waals surface area contributed by atoms with Crippen LogP contribution in [0.2, 0.25) is 0 Å². The number of nitro groups is 1. The maximum absolute atomic E-state index is 12.6. The van der Waals surface area contributed by atoms with Gasteiger partial charge in [-0.2, -0.15) is 0 Å². The summed E-state index contributed by atoms with van der Waals surface area (Å²) in [7, 11) is 0. The van der Waals surface area contributed by atoms with Gasteiger partial charge in [-0.05, 0) is 24.1 Å². The molecule has 1 fully saturated rings. The first kappa shape index (κ1) is 23.2. The van der Waals surface area contributed by atoms with Crippen molar-refractivity contribution in [2.75, 3.05) is 11.9 Å². The number of phenolic OH excluding ortho intramolecular Hbond substituents is 1. The number of allylic oxidation sites excluding steroid dienone is 2. The summed E-state index contributed by atoms with van der Waals surface area (Å²) in [5, 5.41) is 23.0. The van der Waals surface area contributed by atoms with E-state index in [1.54, 1.807) is 12.2 Å². The number of nitrogens with zero attached hydrogens (tertiary/aromatic N) is 2. The molecule has 1 heterocycles.